The van der Waals surface area contributed by atoms with Crippen LogP contribution in [0, 0.1) is 11.6 Å². The van der Waals surface area contributed by atoms with E-state index in [-0.39, 0.29) is 11.9 Å². The number of halogens is 3. The molecule has 0 amide bonds. The van der Waals surface area contributed by atoms with Crippen molar-refractivity contribution in [3.05, 3.63) is 23.9 Å². The number of aromatic nitrogens is 1. The number of hydrogen-bond acceptors (Lipinski definition) is 2. The third kappa shape index (κ3) is 2.34. The first-order chi connectivity index (χ1) is 7.72. The van der Waals surface area contributed by atoms with E-state index in [4.69, 9.17) is 0 Å². The topological polar surface area (TPSA) is 16.1 Å². The van der Waals surface area contributed by atoms with Crippen molar-refractivity contribution in [2.45, 2.75) is 25.3 Å². The van der Waals surface area contributed by atoms with Gasteiger partial charge in [-0.15, -0.1) is 0 Å². The van der Waals surface area contributed by atoms with Gasteiger partial charge in [0.05, 0.1) is 6.20 Å². The van der Waals surface area contributed by atoms with Crippen molar-refractivity contribution in [1.82, 2.24) is 4.98 Å². The first kappa shape index (κ1) is 11.8. The standard InChI is InChI=1S/C11H13BrF2N2/c12-6-9-3-1-2-4-16(9)11-10(14)5-8(13)7-15-11/h5,7,9H,1-4,6H2. The van der Waals surface area contributed by atoms with Crippen molar-refractivity contribution in [2.75, 3.05) is 16.8 Å². The molecule has 0 aliphatic carbocycles. The molecule has 0 aromatic carbocycles. The Hall–Kier alpha value is -0.710. The molecule has 1 unspecified atom stereocenters. The second-order valence-corrected chi connectivity index (χ2v) is 4.60. The third-order valence-electron chi connectivity index (χ3n) is 2.87. The zero-order valence-electron chi connectivity index (χ0n) is 8.80. The van der Waals surface area contributed by atoms with Crippen LogP contribution in [0.4, 0.5) is 14.6 Å². The van der Waals surface area contributed by atoms with Crippen molar-refractivity contribution in [2.24, 2.45) is 0 Å². The number of anilines is 1. The minimum absolute atomic E-state index is 0.251. The van der Waals surface area contributed by atoms with E-state index in [2.05, 4.69) is 20.9 Å². The van der Waals surface area contributed by atoms with E-state index in [9.17, 15) is 8.78 Å². The van der Waals surface area contributed by atoms with E-state index in [0.717, 1.165) is 43.4 Å². The van der Waals surface area contributed by atoms with Gasteiger partial charge >= 0.3 is 0 Å². The zero-order valence-corrected chi connectivity index (χ0v) is 10.4. The highest BCUT2D eigenvalue weighted by molar-refractivity contribution is 9.09. The van der Waals surface area contributed by atoms with E-state index in [0.29, 0.717) is 0 Å². The van der Waals surface area contributed by atoms with E-state index in [1.807, 2.05) is 4.90 Å². The Morgan fingerprint density at radius 1 is 1.44 bits per heavy atom. The Labute approximate surface area is 102 Å². The first-order valence-corrected chi connectivity index (χ1v) is 6.48. The molecule has 0 saturated carbocycles. The van der Waals surface area contributed by atoms with Crippen molar-refractivity contribution in [3.8, 4) is 0 Å². The highest BCUT2D eigenvalue weighted by Crippen LogP contribution is 2.26. The third-order valence-corrected chi connectivity index (χ3v) is 3.61. The van der Waals surface area contributed by atoms with Crippen LogP contribution in [0.3, 0.4) is 0 Å². The number of piperidine rings is 1. The van der Waals surface area contributed by atoms with Crippen molar-refractivity contribution >= 4 is 21.7 Å². The van der Waals surface area contributed by atoms with Crippen molar-refractivity contribution < 1.29 is 8.78 Å². The van der Waals surface area contributed by atoms with E-state index < -0.39 is 11.6 Å². The molecule has 2 nitrogen and oxygen atoms in total. The lowest BCUT2D eigenvalue weighted by Crippen LogP contribution is -2.41. The summed E-state index contributed by atoms with van der Waals surface area (Å²) >= 11 is 3.42. The highest BCUT2D eigenvalue weighted by atomic mass is 79.9. The van der Waals surface area contributed by atoms with Crippen LogP contribution >= 0.6 is 15.9 Å². The molecule has 0 N–H and O–H groups in total. The molecule has 5 heteroatoms. The van der Waals surface area contributed by atoms with Gasteiger partial charge in [-0.1, -0.05) is 15.9 Å². The number of nitrogens with zero attached hydrogens (tertiary/aromatic N) is 2. The predicted octanol–water partition coefficient (Wildman–Crippen LogP) is 3.11. The maximum atomic E-state index is 13.6. The summed E-state index contributed by atoms with van der Waals surface area (Å²) in [6, 6.07) is 1.14. The summed E-state index contributed by atoms with van der Waals surface area (Å²) in [6.45, 7) is 0.784. The smallest absolute Gasteiger partial charge is 0.168 e. The van der Waals surface area contributed by atoms with Crippen molar-refractivity contribution in [1.29, 1.82) is 0 Å². The fraction of sp³-hybridized carbons (Fsp3) is 0.545. The largest absolute Gasteiger partial charge is 0.350 e. The van der Waals surface area contributed by atoms with Gasteiger partial charge in [0, 0.05) is 24.0 Å². The maximum Gasteiger partial charge on any atom is 0.168 e. The molecule has 2 heterocycles. The van der Waals surface area contributed by atoms with Gasteiger partial charge in [-0.3, -0.25) is 0 Å². The predicted molar refractivity (Wildman–Crippen MR) is 62.9 cm³/mol. The lowest BCUT2D eigenvalue weighted by atomic mass is 10.0. The molecule has 1 aliphatic heterocycles. The lowest BCUT2D eigenvalue weighted by molar-refractivity contribution is 0.473. The van der Waals surface area contributed by atoms with Gasteiger partial charge in [-0.05, 0) is 19.3 Å². The Morgan fingerprint density at radius 3 is 2.94 bits per heavy atom. The minimum atomic E-state index is -0.631. The zero-order chi connectivity index (χ0) is 11.5. The van der Waals surface area contributed by atoms with Gasteiger partial charge in [0.15, 0.2) is 11.6 Å². The monoisotopic (exact) mass is 290 g/mol. The Kier molecular flexibility index (Phi) is 3.74. The molecule has 0 spiro atoms. The average molecular weight is 291 g/mol. The van der Waals surface area contributed by atoms with Gasteiger partial charge in [-0.25, -0.2) is 13.8 Å². The second-order valence-electron chi connectivity index (χ2n) is 3.96. The molecule has 1 saturated heterocycles. The van der Waals surface area contributed by atoms with Crippen LogP contribution in [0.25, 0.3) is 0 Å². The Balaban J connectivity index is 2.27. The van der Waals surface area contributed by atoms with Crippen LogP contribution < -0.4 is 4.90 Å². The summed E-state index contributed by atoms with van der Waals surface area (Å²) in [5.74, 6) is -0.938. The summed E-state index contributed by atoms with van der Waals surface area (Å²) in [6.07, 6.45) is 4.26. The molecule has 0 bridgehead atoms. The molecular weight excluding hydrogens is 278 g/mol. The molecule has 88 valence electrons. The fourth-order valence-corrected chi connectivity index (χ4v) is 2.73. The SMILES string of the molecule is Fc1cnc(N2CCCCC2CBr)c(F)c1. The number of rotatable bonds is 2. The van der Waals surface area contributed by atoms with Gasteiger partial charge in [0.25, 0.3) is 0 Å². The molecule has 16 heavy (non-hydrogen) atoms. The summed E-state index contributed by atoms with van der Waals surface area (Å²) in [7, 11) is 0. The van der Waals surface area contributed by atoms with E-state index in [1.165, 1.54) is 0 Å². The molecular formula is C11H13BrF2N2. The van der Waals surface area contributed by atoms with Gasteiger partial charge in [0.1, 0.15) is 5.82 Å². The minimum Gasteiger partial charge on any atom is -0.350 e. The van der Waals surface area contributed by atoms with Crippen LogP contribution in [0.5, 0.6) is 0 Å². The molecule has 1 aromatic rings. The molecule has 1 aliphatic rings. The quantitative estimate of drug-likeness (QED) is 0.778. The fourth-order valence-electron chi connectivity index (χ4n) is 2.06. The van der Waals surface area contributed by atoms with Crippen LogP contribution in [-0.4, -0.2) is 22.9 Å². The summed E-state index contributed by atoms with van der Waals surface area (Å²) in [5, 5.41) is 0.783. The Morgan fingerprint density at radius 2 is 2.25 bits per heavy atom. The molecule has 1 atom stereocenters. The van der Waals surface area contributed by atoms with Gasteiger partial charge < -0.3 is 4.90 Å². The van der Waals surface area contributed by atoms with E-state index in [1.54, 1.807) is 0 Å². The summed E-state index contributed by atoms with van der Waals surface area (Å²) in [5.41, 5.74) is 0. The maximum absolute atomic E-state index is 13.6. The Bertz CT molecular complexity index is 373. The van der Waals surface area contributed by atoms with Crippen molar-refractivity contribution in [3.63, 3.8) is 0 Å². The summed E-state index contributed by atoms with van der Waals surface area (Å²) < 4.78 is 26.3. The second kappa shape index (κ2) is 5.08. The summed E-state index contributed by atoms with van der Waals surface area (Å²) in [4.78, 5) is 5.78. The number of hydrogen-bond donors (Lipinski definition) is 0. The van der Waals surface area contributed by atoms with Crippen LogP contribution in [0.15, 0.2) is 12.3 Å². The molecule has 2 rings (SSSR count). The van der Waals surface area contributed by atoms with Gasteiger partial charge in [-0.2, -0.15) is 0 Å². The highest BCUT2D eigenvalue weighted by Gasteiger charge is 2.24. The molecule has 0 radical (unpaired) electrons. The van der Waals surface area contributed by atoms with E-state index >= 15 is 0 Å². The number of pyridine rings is 1. The normalized spacial score (nSPS) is 21.2. The molecule has 1 fully saturated rings. The van der Waals surface area contributed by atoms with Crippen LogP contribution in [0.2, 0.25) is 0 Å². The first-order valence-electron chi connectivity index (χ1n) is 5.36. The van der Waals surface area contributed by atoms with Crippen LogP contribution in [-0.2, 0) is 0 Å². The molecule has 1 aromatic heterocycles. The van der Waals surface area contributed by atoms with Gasteiger partial charge in [0.2, 0.25) is 0 Å². The lowest BCUT2D eigenvalue weighted by Gasteiger charge is -2.35. The van der Waals surface area contributed by atoms with Crippen LogP contribution in [0.1, 0.15) is 19.3 Å². The average Bonchev–Trinajstić information content (AvgIpc) is 2.29. The number of alkyl halides is 1.